The lowest BCUT2D eigenvalue weighted by molar-refractivity contribution is -0.137. The standard InChI is InChI=1S/C18H17F3N2O3S/c1-23(27(2,25)26)16-6-4-3-5-15(16)22-17(24)12-9-13-7-10-14(11-8-13)18(19,20)21/h3-12H,1-2H3,(H,22,24)/b12-9+. The molecule has 0 saturated heterocycles. The van der Waals surface area contributed by atoms with Crippen LogP contribution in [0.1, 0.15) is 11.1 Å². The summed E-state index contributed by atoms with van der Waals surface area (Å²) in [5.41, 5.74) is 0.213. The van der Waals surface area contributed by atoms with Gasteiger partial charge in [0.25, 0.3) is 0 Å². The minimum absolute atomic E-state index is 0.285. The van der Waals surface area contributed by atoms with Gasteiger partial charge in [0.1, 0.15) is 0 Å². The van der Waals surface area contributed by atoms with Crippen molar-refractivity contribution >= 4 is 33.4 Å². The van der Waals surface area contributed by atoms with E-state index in [0.717, 1.165) is 28.8 Å². The van der Waals surface area contributed by atoms with Gasteiger partial charge in [-0.1, -0.05) is 24.3 Å². The number of carbonyl (C=O) groups excluding carboxylic acids is 1. The van der Waals surface area contributed by atoms with Gasteiger partial charge in [0, 0.05) is 13.1 Å². The molecule has 144 valence electrons. The molecule has 0 heterocycles. The Bertz CT molecular complexity index is 953. The van der Waals surface area contributed by atoms with Gasteiger partial charge in [0.2, 0.25) is 15.9 Å². The predicted octanol–water partition coefficient (Wildman–Crippen LogP) is 3.75. The van der Waals surface area contributed by atoms with Crippen LogP contribution < -0.4 is 9.62 Å². The Morgan fingerprint density at radius 1 is 1.07 bits per heavy atom. The minimum atomic E-state index is -4.42. The molecule has 0 saturated carbocycles. The summed E-state index contributed by atoms with van der Waals surface area (Å²) in [4.78, 5) is 12.1. The van der Waals surface area contributed by atoms with Gasteiger partial charge in [0.05, 0.1) is 23.2 Å². The Labute approximate surface area is 155 Å². The molecule has 2 aromatic carbocycles. The van der Waals surface area contributed by atoms with E-state index >= 15 is 0 Å². The maximum atomic E-state index is 12.5. The third kappa shape index (κ3) is 5.58. The number of hydrogen-bond donors (Lipinski definition) is 1. The average molecular weight is 398 g/mol. The first-order chi connectivity index (χ1) is 12.5. The lowest BCUT2D eigenvalue weighted by atomic mass is 10.1. The van der Waals surface area contributed by atoms with Gasteiger partial charge < -0.3 is 5.32 Å². The van der Waals surface area contributed by atoms with Crippen molar-refractivity contribution in [1.82, 2.24) is 0 Å². The van der Waals surface area contributed by atoms with Gasteiger partial charge in [-0.25, -0.2) is 8.42 Å². The van der Waals surface area contributed by atoms with Crippen LogP contribution in [-0.4, -0.2) is 27.6 Å². The smallest absolute Gasteiger partial charge is 0.321 e. The summed E-state index contributed by atoms with van der Waals surface area (Å²) in [5, 5.41) is 2.56. The van der Waals surface area contributed by atoms with Crippen LogP contribution >= 0.6 is 0 Å². The molecule has 0 atom stereocenters. The highest BCUT2D eigenvalue weighted by Crippen LogP contribution is 2.29. The van der Waals surface area contributed by atoms with E-state index < -0.39 is 27.7 Å². The van der Waals surface area contributed by atoms with E-state index in [1.165, 1.54) is 31.3 Å². The molecule has 1 amide bonds. The number of amides is 1. The Balaban J connectivity index is 2.14. The highest BCUT2D eigenvalue weighted by atomic mass is 32.2. The fourth-order valence-electron chi connectivity index (χ4n) is 2.16. The minimum Gasteiger partial charge on any atom is -0.321 e. The van der Waals surface area contributed by atoms with Crippen LogP contribution in [0.25, 0.3) is 6.08 Å². The first kappa shape index (κ1) is 20.5. The quantitative estimate of drug-likeness (QED) is 0.780. The van der Waals surface area contributed by atoms with Crippen molar-refractivity contribution in [2.24, 2.45) is 0 Å². The van der Waals surface area contributed by atoms with Crippen molar-refractivity contribution in [3.8, 4) is 0 Å². The van der Waals surface area contributed by atoms with Crippen molar-refractivity contribution in [2.75, 3.05) is 22.9 Å². The molecule has 2 aromatic rings. The van der Waals surface area contributed by atoms with E-state index in [-0.39, 0.29) is 11.4 Å². The fourth-order valence-corrected chi connectivity index (χ4v) is 2.68. The van der Waals surface area contributed by atoms with Gasteiger partial charge in [-0.2, -0.15) is 13.2 Å². The molecule has 0 aromatic heterocycles. The fraction of sp³-hybridized carbons (Fsp3) is 0.167. The topological polar surface area (TPSA) is 66.5 Å². The largest absolute Gasteiger partial charge is 0.416 e. The third-order valence-corrected chi connectivity index (χ3v) is 4.86. The molecule has 0 aliphatic rings. The van der Waals surface area contributed by atoms with Gasteiger partial charge in [-0.3, -0.25) is 9.10 Å². The lowest BCUT2D eigenvalue weighted by Gasteiger charge is -2.20. The summed E-state index contributed by atoms with van der Waals surface area (Å²) in [6.45, 7) is 0. The van der Waals surface area contributed by atoms with Gasteiger partial charge in [0.15, 0.2) is 0 Å². The number of carbonyl (C=O) groups is 1. The summed E-state index contributed by atoms with van der Waals surface area (Å²) in [7, 11) is -2.15. The number of halogens is 3. The van der Waals surface area contributed by atoms with Crippen LogP contribution in [0.2, 0.25) is 0 Å². The first-order valence-corrected chi connectivity index (χ1v) is 9.52. The van der Waals surface area contributed by atoms with E-state index in [4.69, 9.17) is 0 Å². The molecule has 2 rings (SSSR count). The molecule has 0 aliphatic heterocycles. The zero-order valence-corrected chi connectivity index (χ0v) is 15.3. The maximum absolute atomic E-state index is 12.5. The van der Waals surface area contributed by atoms with Crippen LogP contribution in [0.15, 0.2) is 54.6 Å². The van der Waals surface area contributed by atoms with Gasteiger partial charge >= 0.3 is 6.18 Å². The molecule has 5 nitrogen and oxygen atoms in total. The Kier molecular flexibility index (Phi) is 5.94. The summed E-state index contributed by atoms with van der Waals surface area (Å²) in [6.07, 6.45) is -0.872. The van der Waals surface area contributed by atoms with Gasteiger partial charge in [-0.15, -0.1) is 0 Å². The highest BCUT2D eigenvalue weighted by molar-refractivity contribution is 7.92. The van der Waals surface area contributed by atoms with Crippen molar-refractivity contribution in [3.63, 3.8) is 0 Å². The molecule has 0 unspecified atom stereocenters. The number of alkyl halides is 3. The second-order valence-electron chi connectivity index (χ2n) is 5.69. The second-order valence-corrected chi connectivity index (χ2v) is 7.70. The molecular weight excluding hydrogens is 381 g/mol. The van der Waals surface area contributed by atoms with Crippen LogP contribution in [0.5, 0.6) is 0 Å². The van der Waals surface area contributed by atoms with Crippen LogP contribution in [-0.2, 0) is 21.0 Å². The molecule has 0 spiro atoms. The molecule has 9 heteroatoms. The number of anilines is 2. The molecule has 1 N–H and O–H groups in total. The average Bonchev–Trinajstić information content (AvgIpc) is 2.58. The first-order valence-electron chi connectivity index (χ1n) is 7.68. The van der Waals surface area contributed by atoms with E-state index in [9.17, 15) is 26.4 Å². The zero-order valence-electron chi connectivity index (χ0n) is 14.5. The van der Waals surface area contributed by atoms with E-state index in [2.05, 4.69) is 5.32 Å². The van der Waals surface area contributed by atoms with Crippen molar-refractivity contribution in [1.29, 1.82) is 0 Å². The Hall–Kier alpha value is -2.81. The van der Waals surface area contributed by atoms with Crippen molar-refractivity contribution < 1.29 is 26.4 Å². The normalized spacial score (nSPS) is 12.2. The molecule has 0 fully saturated rings. The summed E-state index contributed by atoms with van der Waals surface area (Å²) in [5.74, 6) is -0.552. The Morgan fingerprint density at radius 3 is 2.22 bits per heavy atom. The predicted molar refractivity (Wildman–Crippen MR) is 98.8 cm³/mol. The van der Waals surface area contributed by atoms with Crippen LogP contribution in [0.4, 0.5) is 24.5 Å². The van der Waals surface area contributed by atoms with Gasteiger partial charge in [-0.05, 0) is 35.9 Å². The van der Waals surface area contributed by atoms with E-state index in [1.54, 1.807) is 18.2 Å². The number of nitrogens with one attached hydrogen (secondary N) is 1. The summed E-state index contributed by atoms with van der Waals surface area (Å²) < 4.78 is 62.0. The van der Waals surface area contributed by atoms with Crippen LogP contribution in [0.3, 0.4) is 0 Å². The third-order valence-electron chi connectivity index (χ3n) is 3.66. The summed E-state index contributed by atoms with van der Waals surface area (Å²) in [6, 6.07) is 10.7. The molecule has 0 radical (unpaired) electrons. The van der Waals surface area contributed by atoms with E-state index in [0.29, 0.717) is 5.56 Å². The Morgan fingerprint density at radius 2 is 1.67 bits per heavy atom. The molecular formula is C18H17F3N2O3S. The summed E-state index contributed by atoms with van der Waals surface area (Å²) >= 11 is 0. The number of benzene rings is 2. The molecule has 27 heavy (non-hydrogen) atoms. The highest BCUT2D eigenvalue weighted by Gasteiger charge is 2.29. The lowest BCUT2D eigenvalue weighted by Crippen LogP contribution is -2.26. The zero-order chi connectivity index (χ0) is 20.2. The monoisotopic (exact) mass is 398 g/mol. The number of hydrogen-bond acceptors (Lipinski definition) is 3. The number of nitrogens with zero attached hydrogens (tertiary/aromatic N) is 1. The van der Waals surface area contributed by atoms with Crippen molar-refractivity contribution in [2.45, 2.75) is 6.18 Å². The molecule has 0 bridgehead atoms. The molecule has 0 aliphatic carbocycles. The SMILES string of the molecule is CN(c1ccccc1NC(=O)/C=C/c1ccc(C(F)(F)F)cc1)S(C)(=O)=O. The number of rotatable bonds is 5. The second kappa shape index (κ2) is 7.83. The maximum Gasteiger partial charge on any atom is 0.416 e. The van der Waals surface area contributed by atoms with E-state index in [1.807, 2.05) is 0 Å². The number of sulfonamides is 1. The van der Waals surface area contributed by atoms with Crippen LogP contribution in [0, 0.1) is 0 Å². The van der Waals surface area contributed by atoms with Crippen molar-refractivity contribution in [3.05, 3.63) is 65.7 Å². The number of para-hydroxylation sites is 2.